The number of nitrogens with zero attached hydrogens (tertiary/aromatic N) is 1. The van der Waals surface area contributed by atoms with Gasteiger partial charge in [0.2, 0.25) is 0 Å². The average Bonchev–Trinajstić information content (AvgIpc) is 2.54. The van der Waals surface area contributed by atoms with Gasteiger partial charge in [-0.05, 0) is 60.9 Å². The first kappa shape index (κ1) is 17.2. The highest BCUT2D eigenvalue weighted by atomic mass is 79.9. The molecule has 23 heavy (non-hydrogen) atoms. The number of likely N-dealkylation sites (tertiary alicyclic amines) is 1. The Morgan fingerprint density at radius 3 is 2.43 bits per heavy atom. The fourth-order valence-corrected chi connectivity index (χ4v) is 3.95. The van der Waals surface area contributed by atoms with Crippen molar-refractivity contribution in [3.05, 3.63) is 33.8 Å². The van der Waals surface area contributed by atoms with E-state index in [2.05, 4.69) is 21.2 Å². The van der Waals surface area contributed by atoms with Crippen LogP contribution in [0.15, 0.2) is 16.6 Å². The minimum absolute atomic E-state index is 0.0470. The number of rotatable bonds is 2. The minimum atomic E-state index is -3.07. The second kappa shape index (κ2) is 6.69. The highest BCUT2D eigenvalue weighted by Gasteiger charge is 2.47. The topological polar surface area (TPSA) is 15.3 Å². The maximum atomic E-state index is 14.6. The number of piperidine rings is 2. The largest absolute Gasteiger partial charge is 0.317 e. The predicted octanol–water partition coefficient (Wildman–Crippen LogP) is 3.90. The van der Waals surface area contributed by atoms with E-state index in [4.69, 9.17) is 0 Å². The predicted molar refractivity (Wildman–Crippen MR) is 83.8 cm³/mol. The average molecular weight is 395 g/mol. The van der Waals surface area contributed by atoms with E-state index in [0.717, 1.165) is 25.9 Å². The van der Waals surface area contributed by atoms with Crippen LogP contribution in [-0.4, -0.2) is 43.0 Å². The molecule has 0 unspecified atom stereocenters. The van der Waals surface area contributed by atoms with E-state index < -0.39 is 23.5 Å². The molecule has 0 aliphatic carbocycles. The molecule has 1 N–H and O–H groups in total. The molecular weight excluding hydrogens is 376 g/mol. The summed E-state index contributed by atoms with van der Waals surface area (Å²) in [6, 6.07) is 2.71. The van der Waals surface area contributed by atoms with Gasteiger partial charge in [0.1, 0.15) is 0 Å². The van der Waals surface area contributed by atoms with Gasteiger partial charge in [-0.25, -0.2) is 17.6 Å². The van der Waals surface area contributed by atoms with Crippen LogP contribution in [0.2, 0.25) is 0 Å². The normalized spacial score (nSPS) is 26.4. The first-order valence-electron chi connectivity index (χ1n) is 7.86. The third kappa shape index (κ3) is 3.42. The fourth-order valence-electron chi connectivity index (χ4n) is 3.64. The van der Waals surface area contributed by atoms with Crippen LogP contribution in [0.4, 0.5) is 17.6 Å². The molecule has 1 aromatic carbocycles. The van der Waals surface area contributed by atoms with Crippen LogP contribution < -0.4 is 5.32 Å². The lowest BCUT2D eigenvalue weighted by molar-refractivity contribution is -0.0959. The fraction of sp³-hybridized carbons (Fsp3) is 0.625. The van der Waals surface area contributed by atoms with Gasteiger partial charge in [-0.3, -0.25) is 4.90 Å². The molecular formula is C16H19BrF4N2. The van der Waals surface area contributed by atoms with Crippen molar-refractivity contribution < 1.29 is 17.6 Å². The van der Waals surface area contributed by atoms with Crippen molar-refractivity contribution in [2.75, 3.05) is 26.2 Å². The third-order valence-corrected chi connectivity index (χ3v) is 5.51. The van der Waals surface area contributed by atoms with Crippen LogP contribution in [0.25, 0.3) is 0 Å². The van der Waals surface area contributed by atoms with Gasteiger partial charge >= 0.3 is 0 Å². The summed E-state index contributed by atoms with van der Waals surface area (Å²) in [6.45, 7) is 1.77. The molecule has 2 aliphatic heterocycles. The van der Waals surface area contributed by atoms with Crippen molar-refractivity contribution in [2.45, 2.75) is 37.1 Å². The third-order valence-electron chi connectivity index (χ3n) is 4.89. The Balaban J connectivity index is 1.79. The molecule has 2 heterocycles. The van der Waals surface area contributed by atoms with Gasteiger partial charge in [0.25, 0.3) is 5.92 Å². The summed E-state index contributed by atoms with van der Waals surface area (Å²) in [6.07, 6.45) is 1.83. The number of hydrogen-bond acceptors (Lipinski definition) is 2. The Morgan fingerprint density at radius 2 is 1.78 bits per heavy atom. The lowest BCUT2D eigenvalue weighted by Crippen LogP contribution is -2.53. The Labute approximate surface area is 141 Å². The van der Waals surface area contributed by atoms with Crippen LogP contribution in [0.3, 0.4) is 0 Å². The minimum Gasteiger partial charge on any atom is -0.317 e. The Hall–Kier alpha value is -0.660. The molecule has 128 valence electrons. The zero-order valence-electron chi connectivity index (χ0n) is 12.6. The molecule has 0 aromatic heterocycles. The zero-order chi connectivity index (χ0) is 16.6. The molecule has 1 atom stereocenters. The number of halogens is 5. The smallest absolute Gasteiger partial charge is 0.267 e. The Bertz CT molecular complexity index is 575. The van der Waals surface area contributed by atoms with Crippen molar-refractivity contribution in [1.82, 2.24) is 10.2 Å². The summed E-state index contributed by atoms with van der Waals surface area (Å²) in [5, 5.41) is 3.22. The van der Waals surface area contributed by atoms with Crippen molar-refractivity contribution in [3.63, 3.8) is 0 Å². The molecule has 0 spiro atoms. The first-order valence-corrected chi connectivity index (χ1v) is 8.65. The SMILES string of the molecule is Fc1c(Br)ccc([C@H]2CCN(C3CCNCC3)CC2(F)F)c1F. The van der Waals surface area contributed by atoms with Crippen LogP contribution in [0.5, 0.6) is 0 Å². The first-order chi connectivity index (χ1) is 10.9. The number of alkyl halides is 2. The molecule has 7 heteroatoms. The van der Waals surface area contributed by atoms with E-state index in [-0.39, 0.29) is 29.0 Å². The Morgan fingerprint density at radius 1 is 1.09 bits per heavy atom. The van der Waals surface area contributed by atoms with E-state index in [1.54, 1.807) is 0 Å². The maximum Gasteiger partial charge on any atom is 0.267 e. The van der Waals surface area contributed by atoms with E-state index >= 15 is 0 Å². The van der Waals surface area contributed by atoms with E-state index in [9.17, 15) is 17.6 Å². The van der Waals surface area contributed by atoms with Gasteiger partial charge in [-0.1, -0.05) is 6.07 Å². The Kier molecular flexibility index (Phi) is 4.99. The highest BCUT2D eigenvalue weighted by Crippen LogP contribution is 2.43. The van der Waals surface area contributed by atoms with Gasteiger partial charge in [0.05, 0.1) is 16.9 Å². The van der Waals surface area contributed by atoms with Crippen molar-refractivity contribution >= 4 is 15.9 Å². The molecule has 2 aliphatic rings. The van der Waals surface area contributed by atoms with Crippen LogP contribution in [-0.2, 0) is 0 Å². The summed E-state index contributed by atoms with van der Waals surface area (Å²) >= 11 is 2.88. The number of hydrogen-bond donors (Lipinski definition) is 1. The summed E-state index contributed by atoms with van der Waals surface area (Å²) < 4.78 is 56.9. The second-order valence-electron chi connectivity index (χ2n) is 6.32. The standard InChI is InChI=1S/C16H19BrF4N2/c17-13-2-1-11(14(18)15(13)19)12-5-8-23(9-16(12,20)21)10-3-6-22-7-4-10/h1-2,10,12,22H,3-9H2/t12-/m1/s1. The summed E-state index contributed by atoms with van der Waals surface area (Å²) in [4.78, 5) is 1.81. The lowest BCUT2D eigenvalue weighted by Gasteiger charge is -2.43. The summed E-state index contributed by atoms with van der Waals surface area (Å²) in [5.74, 6) is -6.61. The van der Waals surface area contributed by atoms with Crippen molar-refractivity contribution in [3.8, 4) is 0 Å². The highest BCUT2D eigenvalue weighted by molar-refractivity contribution is 9.10. The van der Waals surface area contributed by atoms with Crippen LogP contribution in [0.1, 0.15) is 30.7 Å². The van der Waals surface area contributed by atoms with Gasteiger partial charge in [-0.15, -0.1) is 0 Å². The number of nitrogens with one attached hydrogen (secondary N) is 1. The summed E-state index contributed by atoms with van der Waals surface area (Å²) in [7, 11) is 0. The second-order valence-corrected chi connectivity index (χ2v) is 7.17. The lowest BCUT2D eigenvalue weighted by atomic mass is 9.84. The van der Waals surface area contributed by atoms with E-state index in [1.165, 1.54) is 12.1 Å². The zero-order valence-corrected chi connectivity index (χ0v) is 14.2. The van der Waals surface area contributed by atoms with Crippen LogP contribution in [0, 0.1) is 11.6 Å². The van der Waals surface area contributed by atoms with Gasteiger partial charge in [-0.2, -0.15) is 0 Å². The molecule has 2 fully saturated rings. The maximum absolute atomic E-state index is 14.6. The molecule has 2 saturated heterocycles. The monoisotopic (exact) mass is 394 g/mol. The van der Waals surface area contributed by atoms with E-state index in [0.29, 0.717) is 6.54 Å². The quantitative estimate of drug-likeness (QED) is 0.604. The molecule has 0 amide bonds. The summed E-state index contributed by atoms with van der Waals surface area (Å²) in [5.41, 5.74) is -0.222. The molecule has 1 aromatic rings. The molecule has 2 nitrogen and oxygen atoms in total. The molecule has 0 radical (unpaired) electrons. The van der Waals surface area contributed by atoms with Crippen molar-refractivity contribution in [2.24, 2.45) is 0 Å². The molecule has 0 bridgehead atoms. The van der Waals surface area contributed by atoms with Gasteiger partial charge in [0, 0.05) is 11.6 Å². The molecule has 3 rings (SSSR count). The van der Waals surface area contributed by atoms with Gasteiger partial charge < -0.3 is 5.32 Å². The number of benzene rings is 1. The van der Waals surface area contributed by atoms with Crippen LogP contribution >= 0.6 is 15.9 Å². The van der Waals surface area contributed by atoms with Crippen molar-refractivity contribution in [1.29, 1.82) is 0 Å². The van der Waals surface area contributed by atoms with E-state index in [1.807, 2.05) is 4.90 Å². The molecule has 0 saturated carbocycles. The van der Waals surface area contributed by atoms with Gasteiger partial charge in [0.15, 0.2) is 11.6 Å².